The number of nitrogens with zero attached hydrogens (tertiary/aromatic N) is 3. The second-order valence-electron chi connectivity index (χ2n) is 5.96. The van der Waals surface area contributed by atoms with E-state index < -0.39 is 0 Å². The number of phenolic OH excluding ortho intramolecular Hbond substituents is 1. The van der Waals surface area contributed by atoms with Crippen molar-refractivity contribution in [1.29, 1.82) is 0 Å². The van der Waals surface area contributed by atoms with Crippen LogP contribution in [0.2, 0.25) is 0 Å². The standard InChI is InChI=1S/C20H21N3O2/c1-2-3-4-9-19-22-18-8-6-5-7-17(18)20(25)23(19)21-14-15-10-12-16(24)13-11-15/h5-8,10-14,24H,2-4,9H2,1H3. The van der Waals surface area contributed by atoms with Gasteiger partial charge in [-0.3, -0.25) is 4.79 Å². The van der Waals surface area contributed by atoms with Crippen molar-refractivity contribution in [2.24, 2.45) is 5.10 Å². The summed E-state index contributed by atoms with van der Waals surface area (Å²) in [5, 5.41) is 14.3. The molecule has 0 bridgehead atoms. The topological polar surface area (TPSA) is 67.5 Å². The molecule has 1 heterocycles. The molecule has 5 nitrogen and oxygen atoms in total. The van der Waals surface area contributed by atoms with E-state index in [1.54, 1.807) is 36.5 Å². The molecule has 5 heteroatoms. The lowest BCUT2D eigenvalue weighted by Crippen LogP contribution is -2.22. The van der Waals surface area contributed by atoms with E-state index in [1.165, 1.54) is 4.68 Å². The minimum absolute atomic E-state index is 0.160. The molecule has 3 rings (SSSR count). The number of aromatic nitrogens is 2. The van der Waals surface area contributed by atoms with Gasteiger partial charge in [-0.25, -0.2) is 4.98 Å². The summed E-state index contributed by atoms with van der Waals surface area (Å²) in [5.74, 6) is 0.870. The smallest absolute Gasteiger partial charge is 0.282 e. The van der Waals surface area contributed by atoms with Gasteiger partial charge < -0.3 is 5.11 Å². The molecule has 0 spiro atoms. The molecule has 1 N–H and O–H groups in total. The third-order valence-corrected chi connectivity index (χ3v) is 4.04. The summed E-state index contributed by atoms with van der Waals surface area (Å²) in [7, 11) is 0. The number of hydrogen-bond acceptors (Lipinski definition) is 4. The van der Waals surface area contributed by atoms with Gasteiger partial charge in [-0.1, -0.05) is 31.9 Å². The number of para-hydroxylation sites is 1. The zero-order valence-corrected chi connectivity index (χ0v) is 14.2. The Hall–Kier alpha value is -2.95. The Morgan fingerprint density at radius 2 is 1.88 bits per heavy atom. The van der Waals surface area contributed by atoms with Crippen LogP contribution in [0.15, 0.2) is 58.4 Å². The second kappa shape index (κ2) is 7.75. The van der Waals surface area contributed by atoms with Crippen LogP contribution in [0.4, 0.5) is 0 Å². The quantitative estimate of drug-likeness (QED) is 0.551. The predicted octanol–water partition coefficient (Wildman–Crippen LogP) is 3.72. The molecule has 0 saturated heterocycles. The molecule has 0 aliphatic rings. The number of aromatic hydroxyl groups is 1. The first-order valence-electron chi connectivity index (χ1n) is 8.53. The lowest BCUT2D eigenvalue weighted by molar-refractivity contribution is 0.475. The number of fused-ring (bicyclic) bond motifs is 1. The van der Waals surface area contributed by atoms with Gasteiger partial charge in [0.05, 0.1) is 17.1 Å². The third-order valence-electron chi connectivity index (χ3n) is 4.04. The Labute approximate surface area is 146 Å². The molecule has 0 unspecified atom stereocenters. The van der Waals surface area contributed by atoms with Gasteiger partial charge in [0.25, 0.3) is 5.56 Å². The fraction of sp³-hybridized carbons (Fsp3) is 0.250. The van der Waals surface area contributed by atoms with Crippen LogP contribution in [0.1, 0.15) is 37.6 Å². The van der Waals surface area contributed by atoms with Gasteiger partial charge in [-0.2, -0.15) is 9.78 Å². The zero-order valence-electron chi connectivity index (χ0n) is 14.2. The molecule has 128 valence electrons. The van der Waals surface area contributed by atoms with Crippen LogP contribution >= 0.6 is 0 Å². The van der Waals surface area contributed by atoms with Crippen LogP contribution in [0.25, 0.3) is 10.9 Å². The maximum Gasteiger partial charge on any atom is 0.282 e. The first kappa shape index (κ1) is 16.9. The Bertz CT molecular complexity index is 943. The van der Waals surface area contributed by atoms with Gasteiger partial charge in [0.1, 0.15) is 11.6 Å². The molecule has 0 fully saturated rings. The van der Waals surface area contributed by atoms with Gasteiger partial charge in [0.2, 0.25) is 0 Å². The lowest BCUT2D eigenvalue weighted by Gasteiger charge is -2.09. The highest BCUT2D eigenvalue weighted by atomic mass is 16.3. The highest BCUT2D eigenvalue weighted by Gasteiger charge is 2.09. The Morgan fingerprint density at radius 1 is 1.12 bits per heavy atom. The van der Waals surface area contributed by atoms with E-state index in [0.717, 1.165) is 24.8 Å². The minimum atomic E-state index is -0.160. The molecule has 0 amide bonds. The van der Waals surface area contributed by atoms with Crippen molar-refractivity contribution in [3.8, 4) is 5.75 Å². The van der Waals surface area contributed by atoms with E-state index in [-0.39, 0.29) is 11.3 Å². The van der Waals surface area contributed by atoms with Gasteiger partial charge in [0.15, 0.2) is 0 Å². The number of hydrogen-bond donors (Lipinski definition) is 1. The maximum atomic E-state index is 12.8. The Balaban J connectivity index is 2.03. The number of aryl methyl sites for hydroxylation is 1. The first-order valence-corrected chi connectivity index (χ1v) is 8.53. The summed E-state index contributed by atoms with van der Waals surface area (Å²) >= 11 is 0. The van der Waals surface area contributed by atoms with Crippen LogP contribution in [-0.4, -0.2) is 21.0 Å². The molecule has 0 saturated carbocycles. The van der Waals surface area contributed by atoms with Crippen molar-refractivity contribution in [2.45, 2.75) is 32.6 Å². The van der Waals surface area contributed by atoms with Crippen molar-refractivity contribution in [3.05, 3.63) is 70.3 Å². The van der Waals surface area contributed by atoms with E-state index in [9.17, 15) is 9.90 Å². The van der Waals surface area contributed by atoms with E-state index >= 15 is 0 Å². The summed E-state index contributed by atoms with van der Waals surface area (Å²) in [6.07, 6.45) is 5.48. The number of rotatable bonds is 6. The predicted molar refractivity (Wildman–Crippen MR) is 100 cm³/mol. The van der Waals surface area contributed by atoms with Crippen molar-refractivity contribution >= 4 is 17.1 Å². The first-order chi connectivity index (χ1) is 12.2. The van der Waals surface area contributed by atoms with Gasteiger partial charge >= 0.3 is 0 Å². The molecular formula is C20H21N3O2. The highest BCUT2D eigenvalue weighted by Crippen LogP contribution is 2.11. The fourth-order valence-corrected chi connectivity index (χ4v) is 2.67. The largest absolute Gasteiger partial charge is 0.508 e. The van der Waals surface area contributed by atoms with Crippen LogP contribution in [0.3, 0.4) is 0 Å². The Morgan fingerprint density at radius 3 is 2.64 bits per heavy atom. The molecule has 2 aromatic carbocycles. The monoisotopic (exact) mass is 335 g/mol. The second-order valence-corrected chi connectivity index (χ2v) is 5.96. The van der Waals surface area contributed by atoms with Gasteiger partial charge in [-0.15, -0.1) is 0 Å². The van der Waals surface area contributed by atoms with Crippen molar-refractivity contribution < 1.29 is 5.11 Å². The molecule has 0 atom stereocenters. The minimum Gasteiger partial charge on any atom is -0.508 e. The van der Waals surface area contributed by atoms with Crippen molar-refractivity contribution in [3.63, 3.8) is 0 Å². The van der Waals surface area contributed by atoms with Crippen molar-refractivity contribution in [2.75, 3.05) is 0 Å². The number of phenols is 1. The summed E-state index contributed by atoms with van der Waals surface area (Å²) in [5.41, 5.74) is 1.35. The van der Waals surface area contributed by atoms with Crippen molar-refractivity contribution in [1.82, 2.24) is 9.66 Å². The SMILES string of the molecule is CCCCCc1nc2ccccc2c(=O)n1N=Cc1ccc(O)cc1. The van der Waals surface area contributed by atoms with Crippen LogP contribution in [-0.2, 0) is 6.42 Å². The fourth-order valence-electron chi connectivity index (χ4n) is 2.67. The number of benzene rings is 2. The molecule has 0 aliphatic heterocycles. The zero-order chi connectivity index (χ0) is 17.6. The molecule has 0 aliphatic carbocycles. The van der Waals surface area contributed by atoms with E-state index in [1.807, 2.05) is 18.2 Å². The summed E-state index contributed by atoms with van der Waals surface area (Å²) in [6.45, 7) is 2.14. The average Bonchev–Trinajstić information content (AvgIpc) is 2.63. The highest BCUT2D eigenvalue weighted by molar-refractivity contribution is 5.80. The van der Waals surface area contributed by atoms with Gasteiger partial charge in [0, 0.05) is 6.42 Å². The van der Waals surface area contributed by atoms with Crippen LogP contribution < -0.4 is 5.56 Å². The molecule has 25 heavy (non-hydrogen) atoms. The molecule has 1 aromatic heterocycles. The van der Waals surface area contributed by atoms with E-state index in [4.69, 9.17) is 0 Å². The maximum absolute atomic E-state index is 12.8. The molecule has 3 aromatic rings. The molecule has 0 radical (unpaired) electrons. The number of unbranched alkanes of at least 4 members (excludes halogenated alkanes) is 2. The van der Waals surface area contributed by atoms with Crippen LogP contribution in [0.5, 0.6) is 5.75 Å². The summed E-state index contributed by atoms with van der Waals surface area (Å²) in [6, 6.07) is 14.0. The third kappa shape index (κ3) is 3.94. The van der Waals surface area contributed by atoms with Crippen LogP contribution in [0, 0.1) is 0 Å². The lowest BCUT2D eigenvalue weighted by atomic mass is 10.2. The Kier molecular flexibility index (Phi) is 5.23. The normalized spacial score (nSPS) is 11.4. The summed E-state index contributed by atoms with van der Waals surface area (Å²) < 4.78 is 1.39. The average molecular weight is 335 g/mol. The van der Waals surface area contributed by atoms with E-state index in [0.29, 0.717) is 23.1 Å². The van der Waals surface area contributed by atoms with E-state index in [2.05, 4.69) is 17.0 Å². The van der Waals surface area contributed by atoms with Gasteiger partial charge in [-0.05, 0) is 48.4 Å². The summed E-state index contributed by atoms with van der Waals surface area (Å²) in [4.78, 5) is 17.5. The molecular weight excluding hydrogens is 314 g/mol.